The smallest absolute Gasteiger partial charge is 0.412 e. The Morgan fingerprint density at radius 2 is 0.600 bits per heavy atom. The van der Waals surface area contributed by atoms with Gasteiger partial charge in [0, 0.05) is 0 Å². The van der Waals surface area contributed by atoms with Gasteiger partial charge in [-0.1, -0.05) is 0 Å². The summed E-state index contributed by atoms with van der Waals surface area (Å²) in [5, 5.41) is 0. The van der Waals surface area contributed by atoms with E-state index in [2.05, 4.69) is 0 Å². The van der Waals surface area contributed by atoms with Gasteiger partial charge in [-0.25, -0.2) is 0 Å². The van der Waals surface area contributed by atoms with Crippen molar-refractivity contribution < 1.29 is 29.5 Å². The molecule has 2 nitrogen and oxygen atoms in total. The van der Waals surface area contributed by atoms with Crippen LogP contribution in [-0.4, -0.2) is 11.0 Å². The zero-order valence-electron chi connectivity index (χ0n) is 3.45. The fourth-order valence-electron chi connectivity index (χ4n) is 0. The molecule has 0 heterocycles. The third kappa shape index (κ3) is 111. The predicted molar refractivity (Wildman–Crippen MR) is 20.1 cm³/mol. The zero-order chi connectivity index (χ0) is 0. The van der Waals surface area contributed by atoms with Gasteiger partial charge < -0.3 is 25.8 Å². The summed E-state index contributed by atoms with van der Waals surface area (Å²) < 4.78 is 0. The number of hydrogen-bond donors (Lipinski definition) is 0. The molecular formula is C2H10O2V. The van der Waals surface area contributed by atoms with Gasteiger partial charge in [0.15, 0.2) is 0 Å². The maximum atomic E-state index is 0. The maximum absolute atomic E-state index is 0. The van der Waals surface area contributed by atoms with E-state index in [9.17, 15) is 0 Å². The molecule has 0 amide bonds. The van der Waals surface area contributed by atoms with Gasteiger partial charge in [0.25, 0.3) is 0 Å². The van der Waals surface area contributed by atoms with Gasteiger partial charge in [-0.05, 0) is 0 Å². The minimum Gasteiger partial charge on any atom is -0.412 e. The molecule has 5 heavy (non-hydrogen) atoms. The van der Waals surface area contributed by atoms with E-state index in [-0.39, 0.29) is 44.4 Å². The molecule has 35 valence electrons. The Hall–Kier alpha value is 0.504. The van der Waals surface area contributed by atoms with Gasteiger partial charge in [0.1, 0.15) is 0 Å². The van der Waals surface area contributed by atoms with E-state index in [4.69, 9.17) is 0 Å². The summed E-state index contributed by atoms with van der Waals surface area (Å²) in [6, 6.07) is 0. The second kappa shape index (κ2) is 217. The Kier molecular flexibility index (Phi) is 19100. The van der Waals surface area contributed by atoms with E-state index in [1.807, 2.05) is 0 Å². The molecule has 1 radical (unpaired) electrons. The van der Waals surface area contributed by atoms with Crippen molar-refractivity contribution in [2.45, 2.75) is 0 Å². The Morgan fingerprint density at radius 1 is 0.600 bits per heavy atom. The van der Waals surface area contributed by atoms with E-state index >= 15 is 0 Å². The molecule has 0 aromatic rings. The Labute approximate surface area is 45.1 Å². The topological polar surface area (TPSA) is 63.0 Å². The average molecular weight is 117 g/mol. The third-order valence-corrected chi connectivity index (χ3v) is 0. The summed E-state index contributed by atoms with van der Waals surface area (Å²) in [6.07, 6.45) is 0. The van der Waals surface area contributed by atoms with E-state index in [1.165, 1.54) is 0 Å². The van der Waals surface area contributed by atoms with Crippen LogP contribution >= 0.6 is 0 Å². The van der Waals surface area contributed by atoms with Crippen molar-refractivity contribution in [3.05, 3.63) is 14.9 Å². The fraction of sp³-hybridized carbons (Fsp3) is 0. The molecule has 0 unspecified atom stereocenters. The normalized spacial score (nSPS) is 0. The van der Waals surface area contributed by atoms with Crippen LogP contribution in [-0.2, 0) is 18.6 Å². The molecule has 0 aliphatic heterocycles. The number of rotatable bonds is 0. The van der Waals surface area contributed by atoms with Gasteiger partial charge in [-0.2, -0.15) is 0 Å². The van der Waals surface area contributed by atoms with E-state index in [1.54, 1.807) is 0 Å². The summed E-state index contributed by atoms with van der Waals surface area (Å²) >= 11 is 0. The van der Waals surface area contributed by atoms with Gasteiger partial charge in [-0.15, -0.1) is 0 Å². The summed E-state index contributed by atoms with van der Waals surface area (Å²) in [4.78, 5) is 0. The molecule has 0 rings (SSSR count). The maximum Gasteiger partial charge on any atom is 2.00 e. The quantitative estimate of drug-likeness (QED) is 0.375. The minimum atomic E-state index is 0. The fourth-order valence-corrected chi connectivity index (χ4v) is 0. The second-order valence-corrected chi connectivity index (χ2v) is 0. The second-order valence-electron chi connectivity index (χ2n) is 0. The van der Waals surface area contributed by atoms with E-state index < -0.39 is 0 Å². The standard InChI is InChI=1S/2CH3.2H2O.V/h2*1H3;2*1H2;/q2*-1;;;+2. The monoisotopic (exact) mass is 117 g/mol. The number of hydrogen-bond acceptors (Lipinski definition) is 0. The Bertz CT molecular complexity index is 7.61. The first-order valence-corrected chi connectivity index (χ1v) is 0. The predicted octanol–water partition coefficient (Wildman–Crippen LogP) is -0.751. The average Bonchev–Trinajstić information content (AvgIpc) is 0. The molecule has 0 aromatic carbocycles. The van der Waals surface area contributed by atoms with Crippen molar-refractivity contribution in [3.63, 3.8) is 0 Å². The van der Waals surface area contributed by atoms with Crippen molar-refractivity contribution in [2.24, 2.45) is 0 Å². The Morgan fingerprint density at radius 3 is 0.600 bits per heavy atom. The van der Waals surface area contributed by atoms with Crippen LogP contribution in [0.3, 0.4) is 0 Å². The molecule has 0 aliphatic carbocycles. The van der Waals surface area contributed by atoms with Crippen LogP contribution in [0, 0.1) is 14.9 Å². The van der Waals surface area contributed by atoms with Gasteiger partial charge in [0.05, 0.1) is 0 Å². The first-order chi connectivity index (χ1) is 0. The molecule has 0 bridgehead atoms. The third-order valence-electron chi connectivity index (χ3n) is 0. The molecule has 0 aromatic heterocycles. The van der Waals surface area contributed by atoms with Crippen molar-refractivity contribution in [3.8, 4) is 0 Å². The molecule has 0 spiro atoms. The first kappa shape index (κ1) is 439. The Balaban J connectivity index is 0. The zero-order valence-corrected chi connectivity index (χ0v) is 4.84. The minimum absolute atomic E-state index is 0. The summed E-state index contributed by atoms with van der Waals surface area (Å²) in [5.41, 5.74) is 0. The summed E-state index contributed by atoms with van der Waals surface area (Å²) in [6.45, 7) is 0. The van der Waals surface area contributed by atoms with Crippen molar-refractivity contribution >= 4 is 0 Å². The molecular weight excluding hydrogens is 107 g/mol. The van der Waals surface area contributed by atoms with E-state index in [0.29, 0.717) is 0 Å². The first-order valence-electron chi connectivity index (χ1n) is 0. The van der Waals surface area contributed by atoms with Crippen molar-refractivity contribution in [1.82, 2.24) is 0 Å². The van der Waals surface area contributed by atoms with Crippen molar-refractivity contribution in [1.29, 1.82) is 0 Å². The van der Waals surface area contributed by atoms with Crippen LogP contribution in [0.4, 0.5) is 0 Å². The van der Waals surface area contributed by atoms with Crippen LogP contribution in [0.1, 0.15) is 0 Å². The summed E-state index contributed by atoms with van der Waals surface area (Å²) in [5.74, 6) is 0. The van der Waals surface area contributed by atoms with Gasteiger partial charge in [-0.3, -0.25) is 0 Å². The molecule has 3 heteroatoms. The van der Waals surface area contributed by atoms with Crippen LogP contribution in [0.25, 0.3) is 0 Å². The molecule has 0 atom stereocenters. The van der Waals surface area contributed by atoms with E-state index in [0.717, 1.165) is 0 Å². The van der Waals surface area contributed by atoms with Gasteiger partial charge in [0.2, 0.25) is 0 Å². The SMILES string of the molecule is O.O.[CH3-].[CH3-].[V+2]. The van der Waals surface area contributed by atoms with Crippen molar-refractivity contribution in [2.75, 3.05) is 0 Å². The largest absolute Gasteiger partial charge is 2.00 e. The molecule has 4 N–H and O–H groups in total. The molecule has 0 saturated heterocycles. The molecule has 0 saturated carbocycles. The van der Waals surface area contributed by atoms with Crippen LogP contribution in [0.5, 0.6) is 0 Å². The molecule has 0 fully saturated rings. The summed E-state index contributed by atoms with van der Waals surface area (Å²) in [7, 11) is 0. The van der Waals surface area contributed by atoms with Crippen LogP contribution in [0.15, 0.2) is 0 Å². The molecule has 0 aliphatic rings. The van der Waals surface area contributed by atoms with Crippen LogP contribution < -0.4 is 0 Å². The van der Waals surface area contributed by atoms with Crippen LogP contribution in [0.2, 0.25) is 0 Å². The van der Waals surface area contributed by atoms with Gasteiger partial charge >= 0.3 is 18.6 Å².